The molecule has 3 atom stereocenters. The maximum absolute atomic E-state index is 12.6. The van der Waals surface area contributed by atoms with Crippen molar-refractivity contribution in [2.24, 2.45) is 17.2 Å². The van der Waals surface area contributed by atoms with Gasteiger partial charge in [0.2, 0.25) is 17.7 Å². The van der Waals surface area contributed by atoms with Crippen LogP contribution >= 0.6 is 0 Å². The van der Waals surface area contributed by atoms with Gasteiger partial charge in [-0.25, -0.2) is 0 Å². The first-order valence-electron chi connectivity index (χ1n) is 11.5. The lowest BCUT2D eigenvalue weighted by molar-refractivity contribution is -0.132. The van der Waals surface area contributed by atoms with Gasteiger partial charge in [0.15, 0.2) is 0 Å². The predicted octanol–water partition coefficient (Wildman–Crippen LogP) is 0.760. The summed E-state index contributed by atoms with van der Waals surface area (Å²) in [7, 11) is 0. The Labute approximate surface area is 193 Å². The highest BCUT2D eigenvalue weighted by Crippen LogP contribution is 2.02. The Kier molecular flexibility index (Phi) is 20.2. The molecule has 0 saturated heterocycles. The van der Waals surface area contributed by atoms with E-state index in [0.29, 0.717) is 19.4 Å². The number of rotatable bonds is 12. The Morgan fingerprint density at radius 3 is 1.88 bits per heavy atom. The van der Waals surface area contributed by atoms with Crippen molar-refractivity contribution in [3.8, 4) is 0 Å². The van der Waals surface area contributed by atoms with Crippen molar-refractivity contribution in [3.05, 3.63) is 35.9 Å². The first-order valence-corrected chi connectivity index (χ1v) is 11.5. The second kappa shape index (κ2) is 20.4. The number of benzene rings is 1. The Balaban J connectivity index is 0. The van der Waals surface area contributed by atoms with E-state index in [1.165, 1.54) is 0 Å². The molecule has 0 heterocycles. The summed E-state index contributed by atoms with van der Waals surface area (Å²) in [6, 6.07) is 6.96. The van der Waals surface area contributed by atoms with Crippen LogP contribution in [0.3, 0.4) is 0 Å². The van der Waals surface area contributed by atoms with E-state index in [2.05, 4.69) is 16.0 Å². The molecule has 1 aromatic carbocycles. The molecule has 0 aliphatic carbocycles. The number of amides is 3. The third kappa shape index (κ3) is 13.0. The number of hydrogen-bond acceptors (Lipinski definition) is 6. The molecule has 0 aliphatic heterocycles. The van der Waals surface area contributed by atoms with Crippen molar-refractivity contribution in [2.75, 3.05) is 13.1 Å². The molecule has 3 unspecified atom stereocenters. The van der Waals surface area contributed by atoms with Crippen molar-refractivity contribution >= 4 is 17.7 Å². The number of nitrogens with one attached hydrogen (secondary N) is 3. The van der Waals surface area contributed by atoms with Crippen LogP contribution in [-0.2, 0) is 20.9 Å². The van der Waals surface area contributed by atoms with Crippen molar-refractivity contribution in [1.82, 2.24) is 16.0 Å². The molecule has 9 heteroatoms. The topological polar surface area (TPSA) is 165 Å². The van der Waals surface area contributed by atoms with E-state index in [1.54, 1.807) is 0 Å². The first-order chi connectivity index (χ1) is 15.4. The summed E-state index contributed by atoms with van der Waals surface area (Å²) in [4.78, 5) is 37.1. The number of nitrogens with two attached hydrogens (primary N) is 3. The second-order valence-corrected chi connectivity index (χ2v) is 6.53. The van der Waals surface area contributed by atoms with Crippen LogP contribution in [0.15, 0.2) is 30.3 Å². The molecule has 0 fully saturated rings. The minimum Gasteiger partial charge on any atom is -0.350 e. The SMILES string of the molecule is CC.CC.CCCC(NC(=O)C(N)CN)C(=O)NC(CCN)C(=O)NCc1ccccc1. The molecule has 0 bridgehead atoms. The van der Waals surface area contributed by atoms with E-state index in [-0.39, 0.29) is 25.4 Å². The van der Waals surface area contributed by atoms with Crippen LogP contribution < -0.4 is 33.2 Å². The Hall–Kier alpha value is -2.49. The van der Waals surface area contributed by atoms with Crippen LogP contribution in [0.4, 0.5) is 0 Å². The number of carbonyl (C=O) groups is 3. The van der Waals surface area contributed by atoms with Gasteiger partial charge in [0.05, 0.1) is 6.04 Å². The highest BCUT2D eigenvalue weighted by molar-refractivity contribution is 5.93. The van der Waals surface area contributed by atoms with Gasteiger partial charge in [-0.15, -0.1) is 0 Å². The Morgan fingerprint density at radius 1 is 0.844 bits per heavy atom. The Bertz CT molecular complexity index is 627. The average Bonchev–Trinajstić information content (AvgIpc) is 2.84. The average molecular weight is 453 g/mol. The van der Waals surface area contributed by atoms with Gasteiger partial charge in [-0.05, 0) is 24.9 Å². The fraction of sp³-hybridized carbons (Fsp3) is 0.609. The molecule has 1 aromatic rings. The molecule has 0 spiro atoms. The normalized spacial score (nSPS) is 12.5. The zero-order chi connectivity index (χ0) is 24.9. The third-order valence-electron chi connectivity index (χ3n) is 4.20. The van der Waals surface area contributed by atoms with E-state index in [9.17, 15) is 14.4 Å². The lowest BCUT2D eigenvalue weighted by atomic mass is 10.1. The minimum atomic E-state index is -0.888. The van der Waals surface area contributed by atoms with Crippen LogP contribution in [0, 0.1) is 0 Å². The summed E-state index contributed by atoms with van der Waals surface area (Å²) in [6.07, 6.45) is 1.36. The molecule has 9 nitrogen and oxygen atoms in total. The quantitative estimate of drug-likeness (QED) is 0.274. The smallest absolute Gasteiger partial charge is 0.243 e. The summed E-state index contributed by atoms with van der Waals surface area (Å²) in [5, 5.41) is 8.07. The molecule has 1 rings (SSSR count). The molecule has 9 N–H and O–H groups in total. The van der Waals surface area contributed by atoms with Crippen molar-refractivity contribution in [3.63, 3.8) is 0 Å². The maximum atomic E-state index is 12.6. The zero-order valence-electron chi connectivity index (χ0n) is 20.3. The van der Waals surface area contributed by atoms with Crippen LogP contribution in [0.25, 0.3) is 0 Å². The van der Waals surface area contributed by atoms with Crippen LogP contribution in [0.2, 0.25) is 0 Å². The van der Waals surface area contributed by atoms with E-state index < -0.39 is 29.9 Å². The van der Waals surface area contributed by atoms with Gasteiger partial charge < -0.3 is 33.2 Å². The summed E-state index contributed by atoms with van der Waals surface area (Å²) < 4.78 is 0. The Morgan fingerprint density at radius 2 is 1.38 bits per heavy atom. The molecular weight excluding hydrogens is 408 g/mol. The van der Waals surface area contributed by atoms with E-state index >= 15 is 0 Å². The van der Waals surface area contributed by atoms with Gasteiger partial charge in [-0.3, -0.25) is 14.4 Å². The molecule has 0 aliphatic rings. The van der Waals surface area contributed by atoms with Crippen LogP contribution in [0.5, 0.6) is 0 Å². The first kappa shape index (κ1) is 31.7. The summed E-state index contributed by atoms with van der Waals surface area (Å²) in [5.74, 6) is -1.28. The van der Waals surface area contributed by atoms with Crippen LogP contribution in [0.1, 0.15) is 59.4 Å². The lowest BCUT2D eigenvalue weighted by Gasteiger charge is -2.23. The number of carbonyl (C=O) groups excluding carboxylic acids is 3. The predicted molar refractivity (Wildman–Crippen MR) is 130 cm³/mol. The molecule has 32 heavy (non-hydrogen) atoms. The second-order valence-electron chi connectivity index (χ2n) is 6.53. The summed E-state index contributed by atoms with van der Waals surface area (Å²) in [5.41, 5.74) is 17.5. The van der Waals surface area contributed by atoms with Crippen molar-refractivity contribution in [2.45, 2.75) is 78.6 Å². The van der Waals surface area contributed by atoms with E-state index in [4.69, 9.17) is 17.2 Å². The van der Waals surface area contributed by atoms with Gasteiger partial charge >= 0.3 is 0 Å². The van der Waals surface area contributed by atoms with Gasteiger partial charge in [0.25, 0.3) is 0 Å². The fourth-order valence-corrected chi connectivity index (χ4v) is 2.56. The molecule has 0 saturated carbocycles. The number of hydrogen-bond donors (Lipinski definition) is 6. The monoisotopic (exact) mass is 452 g/mol. The van der Waals surface area contributed by atoms with Gasteiger partial charge in [-0.2, -0.15) is 0 Å². The molecule has 0 radical (unpaired) electrons. The highest BCUT2D eigenvalue weighted by atomic mass is 16.2. The molecule has 184 valence electrons. The third-order valence-corrected chi connectivity index (χ3v) is 4.20. The zero-order valence-corrected chi connectivity index (χ0v) is 20.3. The molecule has 3 amide bonds. The summed E-state index contributed by atoms with van der Waals surface area (Å²) >= 11 is 0. The van der Waals surface area contributed by atoms with Gasteiger partial charge in [0.1, 0.15) is 12.1 Å². The van der Waals surface area contributed by atoms with E-state index in [0.717, 1.165) is 5.56 Å². The van der Waals surface area contributed by atoms with Gasteiger partial charge in [0, 0.05) is 13.1 Å². The van der Waals surface area contributed by atoms with Crippen molar-refractivity contribution < 1.29 is 14.4 Å². The standard InChI is InChI=1S/C19H32N6O3.2C2H6/c1-2-6-15(24-17(26)14(22)11-21)19(28)25-16(9-10-20)18(27)23-12-13-7-4-3-5-8-13;2*1-2/h3-5,7-8,14-16H,2,6,9-12,20-22H2,1H3,(H,23,27)(H,24,26)(H,25,28);2*1-2H3. The van der Waals surface area contributed by atoms with Crippen LogP contribution in [-0.4, -0.2) is 48.9 Å². The van der Waals surface area contributed by atoms with Crippen molar-refractivity contribution in [1.29, 1.82) is 0 Å². The fourth-order valence-electron chi connectivity index (χ4n) is 2.56. The summed E-state index contributed by atoms with van der Waals surface area (Å²) in [6.45, 7) is 10.4. The molecule has 0 aromatic heterocycles. The van der Waals surface area contributed by atoms with E-state index in [1.807, 2.05) is 65.0 Å². The van der Waals surface area contributed by atoms with Gasteiger partial charge in [-0.1, -0.05) is 71.4 Å². The maximum Gasteiger partial charge on any atom is 0.243 e. The molecular formula is C23H44N6O3. The largest absolute Gasteiger partial charge is 0.350 e. The lowest BCUT2D eigenvalue weighted by Crippen LogP contribution is -2.56. The minimum absolute atomic E-state index is 0.0238. The highest BCUT2D eigenvalue weighted by Gasteiger charge is 2.27.